The van der Waals surface area contributed by atoms with Crippen LogP contribution in [0, 0.1) is 13.8 Å². The summed E-state index contributed by atoms with van der Waals surface area (Å²) in [5, 5.41) is 38.8. The number of benzene rings is 2. The number of hydrogen-bond acceptors (Lipinski definition) is 6. The van der Waals surface area contributed by atoms with Crippen molar-refractivity contribution < 1.29 is 30.0 Å². The second kappa shape index (κ2) is 9.01. The van der Waals surface area contributed by atoms with Crippen molar-refractivity contribution in [2.75, 3.05) is 0 Å². The van der Waals surface area contributed by atoms with Gasteiger partial charge in [-0.15, -0.1) is 0 Å². The molecule has 0 fully saturated rings. The number of carboxylic acids is 2. The number of aromatic carboxylic acids is 2. The fraction of sp³-hybridized carbons (Fsp3) is 0.125. The molecule has 2 aromatic rings. The summed E-state index contributed by atoms with van der Waals surface area (Å²) < 4.78 is 0. The van der Waals surface area contributed by atoms with E-state index < -0.39 is 11.9 Å². The first-order chi connectivity index (χ1) is 10.3. The van der Waals surface area contributed by atoms with Crippen LogP contribution in [0.5, 0.6) is 11.5 Å². The summed E-state index contributed by atoms with van der Waals surface area (Å²) in [6.07, 6.45) is 0. The van der Waals surface area contributed by atoms with Gasteiger partial charge in [0.25, 0.3) is 0 Å². The van der Waals surface area contributed by atoms with E-state index in [-0.39, 0.29) is 45.7 Å². The molecule has 2 rings (SSSR count). The van der Waals surface area contributed by atoms with Crippen LogP contribution in [-0.4, -0.2) is 45.2 Å². The molecule has 116 valence electrons. The first-order valence-corrected chi connectivity index (χ1v) is 6.25. The smallest absolute Gasteiger partial charge is 0.545 e. The molecule has 0 radical (unpaired) electrons. The summed E-state index contributed by atoms with van der Waals surface area (Å²) >= 11 is 0. The van der Waals surface area contributed by atoms with Gasteiger partial charge in [-0.05, 0) is 37.1 Å². The Morgan fingerprint density at radius 2 is 1.09 bits per heavy atom. The molecule has 2 aromatic carbocycles. The van der Waals surface area contributed by atoms with Crippen molar-refractivity contribution in [3.8, 4) is 11.5 Å². The Morgan fingerprint density at radius 3 is 1.26 bits per heavy atom. The van der Waals surface area contributed by atoms with Crippen molar-refractivity contribution in [3.05, 3.63) is 58.7 Å². The predicted octanol–water partition coefficient (Wildman–Crippen LogP) is -0.253. The maximum Gasteiger partial charge on any atom is 2.00 e. The molecule has 0 aliphatic carbocycles. The third-order valence-corrected chi connectivity index (χ3v) is 2.91. The maximum absolute atomic E-state index is 10.4. The van der Waals surface area contributed by atoms with Crippen LogP contribution in [-0.2, 0) is 0 Å². The first-order valence-electron chi connectivity index (χ1n) is 6.25. The molecule has 0 aliphatic rings. The van der Waals surface area contributed by atoms with Gasteiger partial charge in [-0.1, -0.05) is 24.3 Å². The van der Waals surface area contributed by atoms with Crippen molar-refractivity contribution in [1.29, 1.82) is 0 Å². The predicted molar refractivity (Wildman–Crippen MR) is 80.1 cm³/mol. The van der Waals surface area contributed by atoms with Crippen molar-refractivity contribution in [3.63, 3.8) is 0 Å². The molecule has 0 heterocycles. The zero-order valence-corrected chi connectivity index (χ0v) is 14.1. The van der Waals surface area contributed by atoms with Crippen LogP contribution in [0.3, 0.4) is 0 Å². The van der Waals surface area contributed by atoms with Gasteiger partial charge >= 0.3 is 23.1 Å². The molecular formula is C16H14MgO6. The van der Waals surface area contributed by atoms with Crippen LogP contribution in [0.25, 0.3) is 0 Å². The van der Waals surface area contributed by atoms with Crippen molar-refractivity contribution in [2.45, 2.75) is 13.8 Å². The van der Waals surface area contributed by atoms with E-state index in [1.165, 1.54) is 12.1 Å². The first kappa shape index (κ1) is 20.7. The molecule has 7 heteroatoms. The number of phenols is 2. The second-order valence-electron chi connectivity index (χ2n) is 4.51. The van der Waals surface area contributed by atoms with Gasteiger partial charge in [-0.2, -0.15) is 0 Å². The molecule has 0 saturated heterocycles. The Bertz CT molecular complexity index is 610. The van der Waals surface area contributed by atoms with Gasteiger partial charge in [0.2, 0.25) is 0 Å². The number of carbonyl (C=O) groups is 2. The molecule has 0 aromatic heterocycles. The molecule has 0 atom stereocenters. The Balaban J connectivity index is 0.000000403. The quantitative estimate of drug-likeness (QED) is 0.734. The van der Waals surface area contributed by atoms with E-state index in [9.17, 15) is 19.8 Å². The van der Waals surface area contributed by atoms with Gasteiger partial charge in [-0.3, -0.25) is 0 Å². The number of aryl methyl sites for hydroxylation is 2. The van der Waals surface area contributed by atoms with E-state index in [1.54, 1.807) is 38.1 Å². The van der Waals surface area contributed by atoms with Gasteiger partial charge in [0.1, 0.15) is 11.5 Å². The number of hydrogen-bond donors (Lipinski definition) is 2. The molecule has 23 heavy (non-hydrogen) atoms. The molecule has 0 bridgehead atoms. The average molecular weight is 327 g/mol. The fourth-order valence-corrected chi connectivity index (χ4v) is 1.84. The van der Waals surface area contributed by atoms with Crippen LogP contribution >= 0.6 is 0 Å². The summed E-state index contributed by atoms with van der Waals surface area (Å²) in [5.41, 5.74) is 0.745. The Morgan fingerprint density at radius 1 is 0.783 bits per heavy atom. The van der Waals surface area contributed by atoms with E-state index in [0.29, 0.717) is 11.1 Å². The molecule has 0 aliphatic heterocycles. The molecular weight excluding hydrogens is 312 g/mol. The fourth-order valence-electron chi connectivity index (χ4n) is 1.84. The van der Waals surface area contributed by atoms with Gasteiger partial charge in [0, 0.05) is 11.1 Å². The minimum atomic E-state index is -1.35. The molecule has 0 saturated carbocycles. The summed E-state index contributed by atoms with van der Waals surface area (Å²) in [5.74, 6) is -3.18. The summed E-state index contributed by atoms with van der Waals surface area (Å²) in [4.78, 5) is 20.7. The van der Waals surface area contributed by atoms with Gasteiger partial charge in [-0.25, -0.2) is 0 Å². The molecule has 6 nitrogen and oxygen atoms in total. The summed E-state index contributed by atoms with van der Waals surface area (Å²) in [6.45, 7) is 3.20. The second-order valence-corrected chi connectivity index (χ2v) is 4.51. The number of carboxylic acid groups (broad SMARTS) is 2. The minimum Gasteiger partial charge on any atom is -0.545 e. The van der Waals surface area contributed by atoms with E-state index in [1.807, 2.05) is 0 Å². The van der Waals surface area contributed by atoms with E-state index in [4.69, 9.17) is 10.2 Å². The van der Waals surface area contributed by atoms with Crippen molar-refractivity contribution in [1.82, 2.24) is 0 Å². The number of carbonyl (C=O) groups excluding carboxylic acids is 2. The summed E-state index contributed by atoms with van der Waals surface area (Å²) in [7, 11) is 0. The van der Waals surface area contributed by atoms with Crippen LogP contribution in [0.4, 0.5) is 0 Å². The average Bonchev–Trinajstić information content (AvgIpc) is 2.38. The maximum atomic E-state index is 10.4. The molecule has 2 N–H and O–H groups in total. The Kier molecular flexibility index (Phi) is 8.13. The van der Waals surface area contributed by atoms with Crippen molar-refractivity contribution >= 4 is 35.0 Å². The topological polar surface area (TPSA) is 121 Å². The molecule has 0 amide bonds. The van der Waals surface area contributed by atoms with E-state index in [2.05, 4.69) is 0 Å². The largest absolute Gasteiger partial charge is 2.00 e. The van der Waals surface area contributed by atoms with E-state index in [0.717, 1.165) is 0 Å². The zero-order valence-electron chi connectivity index (χ0n) is 12.7. The van der Waals surface area contributed by atoms with Crippen LogP contribution in [0.15, 0.2) is 36.4 Å². The van der Waals surface area contributed by atoms with Gasteiger partial charge < -0.3 is 30.0 Å². The SMILES string of the molecule is Cc1cccc(O)c1C(=O)[O-].Cc1cccc(O)c1C(=O)[O-].[Mg+2]. The molecule has 0 spiro atoms. The normalized spacial score (nSPS) is 9.13. The monoisotopic (exact) mass is 326 g/mol. The molecule has 0 unspecified atom stereocenters. The standard InChI is InChI=1S/2C8H8O3.Mg/c2*1-5-3-2-4-6(9)7(5)8(10)11;/h2*2-4,9H,1H3,(H,10,11);/q;;+2/p-2. The number of aromatic hydroxyl groups is 2. The zero-order chi connectivity index (χ0) is 16.9. The van der Waals surface area contributed by atoms with Gasteiger partial charge in [0.15, 0.2) is 0 Å². The van der Waals surface area contributed by atoms with Crippen LogP contribution in [0.2, 0.25) is 0 Å². The Labute approximate surface area is 149 Å². The summed E-state index contributed by atoms with van der Waals surface area (Å²) in [6, 6.07) is 9.00. The van der Waals surface area contributed by atoms with Crippen LogP contribution < -0.4 is 10.2 Å². The van der Waals surface area contributed by atoms with Crippen molar-refractivity contribution in [2.24, 2.45) is 0 Å². The minimum absolute atomic E-state index is 0. The van der Waals surface area contributed by atoms with E-state index >= 15 is 0 Å². The Hall–Kier alpha value is -2.25. The van der Waals surface area contributed by atoms with Crippen LogP contribution in [0.1, 0.15) is 31.8 Å². The third-order valence-electron chi connectivity index (χ3n) is 2.91. The number of rotatable bonds is 2. The van der Waals surface area contributed by atoms with Gasteiger partial charge in [0.05, 0.1) is 11.9 Å². The third kappa shape index (κ3) is 5.46.